The molecule has 19 heavy (non-hydrogen) atoms. The van der Waals surface area contributed by atoms with Crippen LogP contribution in [0.15, 0.2) is 34.8 Å². The minimum Gasteiger partial charge on any atom is -0.486 e. The van der Waals surface area contributed by atoms with Crippen LogP contribution in [0.5, 0.6) is 5.75 Å². The topological polar surface area (TPSA) is 60.2 Å². The van der Waals surface area contributed by atoms with E-state index in [1.165, 1.54) is 0 Å². The van der Waals surface area contributed by atoms with E-state index in [4.69, 9.17) is 33.8 Å². The van der Waals surface area contributed by atoms with E-state index < -0.39 is 0 Å². The van der Waals surface area contributed by atoms with Gasteiger partial charge in [-0.2, -0.15) is 0 Å². The van der Waals surface area contributed by atoms with Crippen molar-refractivity contribution in [2.75, 3.05) is 5.43 Å². The molecule has 0 fully saturated rings. The first-order chi connectivity index (χ1) is 9.10. The van der Waals surface area contributed by atoms with Crippen molar-refractivity contribution in [2.24, 2.45) is 5.84 Å². The first-order valence-corrected chi connectivity index (χ1v) is 6.85. The molecular formula is C12H10BrCl2N3O. The van der Waals surface area contributed by atoms with E-state index in [9.17, 15) is 0 Å². The molecule has 4 nitrogen and oxygen atoms in total. The van der Waals surface area contributed by atoms with Gasteiger partial charge in [-0.1, -0.05) is 23.2 Å². The van der Waals surface area contributed by atoms with Gasteiger partial charge in [-0.25, -0.2) is 10.8 Å². The lowest BCUT2D eigenvalue weighted by Gasteiger charge is -2.10. The Morgan fingerprint density at radius 1 is 1.26 bits per heavy atom. The fourth-order valence-electron chi connectivity index (χ4n) is 1.40. The van der Waals surface area contributed by atoms with E-state index >= 15 is 0 Å². The van der Waals surface area contributed by atoms with Crippen molar-refractivity contribution >= 4 is 44.9 Å². The lowest BCUT2D eigenvalue weighted by Crippen LogP contribution is -2.10. The molecule has 0 aliphatic rings. The number of nitrogens with two attached hydrogens (primary N) is 1. The zero-order valence-electron chi connectivity index (χ0n) is 9.66. The van der Waals surface area contributed by atoms with Crippen molar-refractivity contribution in [3.05, 3.63) is 50.5 Å². The predicted molar refractivity (Wildman–Crippen MR) is 80.5 cm³/mol. The van der Waals surface area contributed by atoms with E-state index in [1.54, 1.807) is 30.3 Å². The number of nitrogens with one attached hydrogen (secondary N) is 1. The van der Waals surface area contributed by atoms with Gasteiger partial charge in [0, 0.05) is 5.02 Å². The van der Waals surface area contributed by atoms with Crippen molar-refractivity contribution < 1.29 is 4.74 Å². The van der Waals surface area contributed by atoms with Gasteiger partial charge in [0.15, 0.2) is 0 Å². The van der Waals surface area contributed by atoms with Gasteiger partial charge in [0.1, 0.15) is 18.2 Å². The number of nitrogen functional groups attached to an aromatic ring is 1. The number of rotatable bonds is 4. The normalized spacial score (nSPS) is 10.3. The number of hydrogen-bond acceptors (Lipinski definition) is 4. The first-order valence-electron chi connectivity index (χ1n) is 5.30. The van der Waals surface area contributed by atoms with Crippen LogP contribution < -0.4 is 16.0 Å². The van der Waals surface area contributed by atoms with Crippen LogP contribution in [0.2, 0.25) is 10.0 Å². The zero-order valence-corrected chi connectivity index (χ0v) is 12.8. The second-order valence-electron chi connectivity index (χ2n) is 3.63. The summed E-state index contributed by atoms with van der Waals surface area (Å²) in [5, 5.41) is 1.15. The average molecular weight is 363 g/mol. The summed E-state index contributed by atoms with van der Waals surface area (Å²) in [4.78, 5) is 4.22. The Labute approximate surface area is 129 Å². The van der Waals surface area contributed by atoms with Crippen molar-refractivity contribution in [2.45, 2.75) is 6.61 Å². The fourth-order valence-corrected chi connectivity index (χ4v) is 2.36. The van der Waals surface area contributed by atoms with E-state index in [1.807, 2.05) is 0 Å². The number of aromatic nitrogens is 1. The van der Waals surface area contributed by atoms with Crippen LogP contribution in [0.25, 0.3) is 0 Å². The van der Waals surface area contributed by atoms with Gasteiger partial charge < -0.3 is 10.2 Å². The van der Waals surface area contributed by atoms with Gasteiger partial charge in [-0.05, 0) is 46.3 Å². The summed E-state index contributed by atoms with van der Waals surface area (Å²) in [6, 6.07) is 8.66. The third-order valence-corrected chi connectivity index (χ3v) is 3.52. The van der Waals surface area contributed by atoms with Gasteiger partial charge in [-0.3, -0.25) is 0 Å². The Morgan fingerprint density at radius 2 is 2.05 bits per heavy atom. The molecule has 0 aliphatic heterocycles. The quantitative estimate of drug-likeness (QED) is 0.637. The predicted octanol–water partition coefficient (Wildman–Crippen LogP) is 4.02. The molecule has 1 aromatic heterocycles. The molecule has 2 aromatic rings. The maximum Gasteiger partial charge on any atom is 0.140 e. The van der Waals surface area contributed by atoms with Crippen molar-refractivity contribution in [1.82, 2.24) is 4.98 Å². The van der Waals surface area contributed by atoms with Crippen LogP contribution in [-0.4, -0.2) is 4.98 Å². The van der Waals surface area contributed by atoms with Crippen LogP contribution in [0.1, 0.15) is 5.69 Å². The largest absolute Gasteiger partial charge is 0.486 e. The molecule has 0 bridgehead atoms. The van der Waals surface area contributed by atoms with Crippen LogP contribution in [-0.2, 0) is 6.61 Å². The maximum atomic E-state index is 6.04. The van der Waals surface area contributed by atoms with Crippen LogP contribution in [0.4, 0.5) is 5.82 Å². The highest BCUT2D eigenvalue weighted by molar-refractivity contribution is 9.10. The molecule has 0 spiro atoms. The molecule has 0 saturated heterocycles. The molecule has 3 N–H and O–H groups in total. The molecule has 7 heteroatoms. The summed E-state index contributed by atoms with van der Waals surface area (Å²) >= 11 is 15.3. The Kier molecular flexibility index (Phi) is 4.87. The fraction of sp³-hybridized carbons (Fsp3) is 0.0833. The number of hydrogen-bond donors (Lipinski definition) is 2. The summed E-state index contributed by atoms with van der Waals surface area (Å²) < 4.78 is 6.40. The smallest absolute Gasteiger partial charge is 0.140 e. The van der Waals surface area contributed by atoms with Gasteiger partial charge in [-0.15, -0.1) is 0 Å². The molecule has 2 rings (SSSR count). The summed E-state index contributed by atoms with van der Waals surface area (Å²) in [7, 11) is 0. The number of pyridine rings is 1. The highest BCUT2D eigenvalue weighted by atomic mass is 79.9. The summed E-state index contributed by atoms with van der Waals surface area (Å²) in [6.45, 7) is 0.231. The van der Waals surface area contributed by atoms with Gasteiger partial charge >= 0.3 is 0 Å². The van der Waals surface area contributed by atoms with Gasteiger partial charge in [0.05, 0.1) is 15.2 Å². The standard InChI is InChI=1S/C12H10BrCl2N3O/c13-8-5-7(14)1-3-11(8)19-6-10-9(15)2-4-12(17-10)18-16/h1-5H,6,16H2,(H,17,18). The molecule has 0 amide bonds. The third kappa shape index (κ3) is 3.73. The number of halogens is 3. The van der Waals surface area contributed by atoms with Crippen molar-refractivity contribution in [3.63, 3.8) is 0 Å². The van der Waals surface area contributed by atoms with Crippen molar-refractivity contribution in [1.29, 1.82) is 0 Å². The molecule has 0 unspecified atom stereocenters. The number of ether oxygens (including phenoxy) is 1. The van der Waals surface area contributed by atoms with Gasteiger partial charge in [0.25, 0.3) is 0 Å². The second kappa shape index (κ2) is 6.43. The van der Waals surface area contributed by atoms with Crippen LogP contribution in [0.3, 0.4) is 0 Å². The van der Waals surface area contributed by atoms with E-state index in [0.717, 1.165) is 4.47 Å². The van der Waals surface area contributed by atoms with E-state index in [-0.39, 0.29) is 6.61 Å². The number of benzene rings is 1. The lowest BCUT2D eigenvalue weighted by atomic mass is 10.3. The number of anilines is 1. The monoisotopic (exact) mass is 361 g/mol. The Hall–Kier alpha value is -1.01. The van der Waals surface area contributed by atoms with Crippen molar-refractivity contribution in [3.8, 4) is 5.75 Å². The summed E-state index contributed by atoms with van der Waals surface area (Å²) in [5.74, 6) is 6.48. The van der Waals surface area contributed by atoms with Crippen LogP contribution in [0, 0.1) is 0 Å². The lowest BCUT2D eigenvalue weighted by molar-refractivity contribution is 0.299. The third-order valence-electron chi connectivity index (χ3n) is 2.32. The molecule has 100 valence electrons. The Bertz CT molecular complexity index is 595. The maximum absolute atomic E-state index is 6.04. The minimum absolute atomic E-state index is 0.231. The summed E-state index contributed by atoms with van der Waals surface area (Å²) in [5.41, 5.74) is 3.06. The Balaban J connectivity index is 2.14. The number of nitrogens with zero attached hydrogens (tertiary/aromatic N) is 1. The molecule has 0 atom stereocenters. The molecular weight excluding hydrogens is 353 g/mol. The molecule has 0 aliphatic carbocycles. The van der Waals surface area contributed by atoms with E-state index in [2.05, 4.69) is 26.3 Å². The van der Waals surface area contributed by atoms with Crippen LogP contribution >= 0.6 is 39.1 Å². The molecule has 1 aromatic carbocycles. The average Bonchev–Trinajstić information content (AvgIpc) is 2.39. The first kappa shape index (κ1) is 14.4. The van der Waals surface area contributed by atoms with E-state index in [0.29, 0.717) is 27.3 Å². The number of hydrazine groups is 1. The highest BCUT2D eigenvalue weighted by Crippen LogP contribution is 2.29. The second-order valence-corrected chi connectivity index (χ2v) is 5.33. The molecule has 0 radical (unpaired) electrons. The van der Waals surface area contributed by atoms with Gasteiger partial charge in [0.2, 0.25) is 0 Å². The Morgan fingerprint density at radius 3 is 2.74 bits per heavy atom. The molecule has 0 saturated carbocycles. The molecule has 1 heterocycles. The summed E-state index contributed by atoms with van der Waals surface area (Å²) in [6.07, 6.45) is 0. The highest BCUT2D eigenvalue weighted by Gasteiger charge is 2.07. The minimum atomic E-state index is 0.231. The SMILES string of the molecule is NNc1ccc(Cl)c(COc2ccc(Cl)cc2Br)n1. The zero-order chi connectivity index (χ0) is 13.8.